The maximum atomic E-state index is 12.2. The van der Waals surface area contributed by atoms with E-state index in [1.807, 2.05) is 6.92 Å². The average Bonchev–Trinajstić information content (AvgIpc) is 2.71. The van der Waals surface area contributed by atoms with Gasteiger partial charge in [-0.25, -0.2) is 0 Å². The number of amides is 3. The van der Waals surface area contributed by atoms with Crippen molar-refractivity contribution in [2.75, 3.05) is 6.54 Å². The van der Waals surface area contributed by atoms with Crippen molar-refractivity contribution in [2.45, 2.75) is 32.7 Å². The molecule has 0 radical (unpaired) electrons. The molecule has 0 aliphatic carbocycles. The topological polar surface area (TPSA) is 66.5 Å². The Labute approximate surface area is 118 Å². The predicted molar refractivity (Wildman–Crippen MR) is 74.3 cm³/mol. The summed E-state index contributed by atoms with van der Waals surface area (Å²) in [4.78, 5) is 37.4. The molecule has 0 spiro atoms. The van der Waals surface area contributed by atoms with Crippen LogP contribution in [0.5, 0.6) is 0 Å². The van der Waals surface area contributed by atoms with E-state index in [4.69, 9.17) is 0 Å². The summed E-state index contributed by atoms with van der Waals surface area (Å²) in [6, 6.07) is 5.84. The summed E-state index contributed by atoms with van der Waals surface area (Å²) in [6.45, 7) is 4.16. The quantitative estimate of drug-likeness (QED) is 0.655. The molecular formula is C15H18N2O3. The van der Waals surface area contributed by atoms with E-state index in [1.54, 1.807) is 31.2 Å². The largest absolute Gasteiger partial charge is 0.354 e. The van der Waals surface area contributed by atoms with E-state index in [0.29, 0.717) is 17.7 Å². The minimum atomic E-state index is -0.792. The minimum absolute atomic E-state index is 0.298. The summed E-state index contributed by atoms with van der Waals surface area (Å²) >= 11 is 0. The van der Waals surface area contributed by atoms with Crippen molar-refractivity contribution in [3.05, 3.63) is 35.4 Å². The fourth-order valence-corrected chi connectivity index (χ4v) is 2.21. The van der Waals surface area contributed by atoms with Crippen LogP contribution in [0.4, 0.5) is 0 Å². The van der Waals surface area contributed by atoms with E-state index >= 15 is 0 Å². The molecule has 1 aromatic rings. The second-order valence-corrected chi connectivity index (χ2v) is 4.85. The molecule has 2 rings (SSSR count). The molecule has 0 bridgehead atoms. The number of benzene rings is 1. The van der Waals surface area contributed by atoms with Crippen LogP contribution in [0.2, 0.25) is 0 Å². The zero-order chi connectivity index (χ0) is 14.7. The molecule has 0 aromatic heterocycles. The molecule has 5 heteroatoms. The molecule has 1 aliphatic heterocycles. The zero-order valence-electron chi connectivity index (χ0n) is 11.7. The number of hydrogen-bond acceptors (Lipinski definition) is 3. The summed E-state index contributed by atoms with van der Waals surface area (Å²) in [5.41, 5.74) is 0.733. The highest BCUT2D eigenvalue weighted by atomic mass is 16.2. The molecule has 106 valence electrons. The van der Waals surface area contributed by atoms with Gasteiger partial charge in [-0.3, -0.25) is 19.3 Å². The normalized spacial score (nSPS) is 15.2. The Morgan fingerprint density at radius 3 is 2.25 bits per heavy atom. The summed E-state index contributed by atoms with van der Waals surface area (Å²) in [5.74, 6) is -1.10. The smallest absolute Gasteiger partial charge is 0.262 e. The molecule has 0 fully saturated rings. The van der Waals surface area contributed by atoms with Gasteiger partial charge >= 0.3 is 0 Å². The first kappa shape index (κ1) is 14.2. The van der Waals surface area contributed by atoms with Gasteiger partial charge in [-0.15, -0.1) is 0 Å². The highest BCUT2D eigenvalue weighted by Gasteiger charge is 2.40. The summed E-state index contributed by atoms with van der Waals surface area (Å²) in [7, 11) is 0. The van der Waals surface area contributed by atoms with Crippen molar-refractivity contribution >= 4 is 17.7 Å². The molecule has 1 heterocycles. The lowest BCUT2D eigenvalue weighted by atomic mass is 10.1. The van der Waals surface area contributed by atoms with Crippen LogP contribution in [0.25, 0.3) is 0 Å². The van der Waals surface area contributed by atoms with Crippen LogP contribution >= 0.6 is 0 Å². The number of nitrogens with zero attached hydrogens (tertiary/aromatic N) is 1. The van der Waals surface area contributed by atoms with Crippen molar-refractivity contribution in [1.82, 2.24) is 10.2 Å². The van der Waals surface area contributed by atoms with Crippen LogP contribution in [0.3, 0.4) is 0 Å². The molecule has 1 atom stereocenters. The van der Waals surface area contributed by atoms with Crippen LogP contribution in [-0.2, 0) is 4.79 Å². The number of unbranched alkanes of at least 4 members (excludes halogenated alkanes) is 1. The third-order valence-electron chi connectivity index (χ3n) is 3.42. The second-order valence-electron chi connectivity index (χ2n) is 4.85. The van der Waals surface area contributed by atoms with Crippen LogP contribution in [0.1, 0.15) is 47.4 Å². The third kappa shape index (κ3) is 2.43. The fourth-order valence-electron chi connectivity index (χ4n) is 2.21. The van der Waals surface area contributed by atoms with Crippen molar-refractivity contribution in [2.24, 2.45) is 0 Å². The lowest BCUT2D eigenvalue weighted by Gasteiger charge is -2.21. The van der Waals surface area contributed by atoms with Gasteiger partial charge in [0.2, 0.25) is 5.91 Å². The van der Waals surface area contributed by atoms with Gasteiger partial charge in [0.1, 0.15) is 6.04 Å². The number of carbonyl (C=O) groups is 3. The number of rotatable bonds is 5. The van der Waals surface area contributed by atoms with Gasteiger partial charge in [-0.2, -0.15) is 0 Å². The minimum Gasteiger partial charge on any atom is -0.354 e. The number of fused-ring (bicyclic) bond motifs is 1. The Morgan fingerprint density at radius 1 is 1.20 bits per heavy atom. The Kier molecular flexibility index (Phi) is 4.17. The fraction of sp³-hybridized carbons (Fsp3) is 0.400. The summed E-state index contributed by atoms with van der Waals surface area (Å²) in [5, 5.41) is 2.74. The van der Waals surface area contributed by atoms with E-state index < -0.39 is 17.9 Å². The lowest BCUT2D eigenvalue weighted by molar-refractivity contribution is -0.124. The third-order valence-corrected chi connectivity index (χ3v) is 3.42. The Morgan fingerprint density at radius 2 is 1.75 bits per heavy atom. The molecule has 1 aromatic carbocycles. The van der Waals surface area contributed by atoms with Gasteiger partial charge in [0.15, 0.2) is 0 Å². The van der Waals surface area contributed by atoms with Gasteiger partial charge < -0.3 is 5.32 Å². The van der Waals surface area contributed by atoms with Crippen molar-refractivity contribution in [3.8, 4) is 0 Å². The van der Waals surface area contributed by atoms with E-state index in [-0.39, 0.29) is 5.91 Å². The van der Waals surface area contributed by atoms with Gasteiger partial charge in [0, 0.05) is 6.54 Å². The van der Waals surface area contributed by atoms with Gasteiger partial charge in [-0.1, -0.05) is 25.5 Å². The maximum absolute atomic E-state index is 12.2. The van der Waals surface area contributed by atoms with Crippen LogP contribution in [-0.4, -0.2) is 35.2 Å². The zero-order valence-corrected chi connectivity index (χ0v) is 11.7. The van der Waals surface area contributed by atoms with Crippen LogP contribution in [0, 0.1) is 0 Å². The summed E-state index contributed by atoms with van der Waals surface area (Å²) < 4.78 is 0. The monoisotopic (exact) mass is 274 g/mol. The first-order chi connectivity index (χ1) is 9.57. The molecule has 5 nitrogen and oxygen atoms in total. The maximum Gasteiger partial charge on any atom is 0.262 e. The molecule has 1 N–H and O–H groups in total. The van der Waals surface area contributed by atoms with Gasteiger partial charge in [0.25, 0.3) is 11.8 Å². The molecule has 0 saturated carbocycles. The standard InChI is InChI=1S/C15H18N2O3/c1-3-4-9-16-13(18)10(2)17-14(19)11-7-5-6-8-12(11)15(17)20/h5-8,10H,3-4,9H2,1-2H3,(H,16,18)/t10-/m0/s1. The first-order valence-corrected chi connectivity index (χ1v) is 6.82. The molecule has 0 saturated heterocycles. The highest BCUT2D eigenvalue weighted by Crippen LogP contribution is 2.24. The predicted octanol–water partition coefficient (Wildman–Crippen LogP) is 1.59. The Hall–Kier alpha value is -2.17. The Balaban J connectivity index is 2.13. The lowest BCUT2D eigenvalue weighted by Crippen LogP contribution is -2.48. The number of carbonyl (C=O) groups excluding carboxylic acids is 3. The molecule has 1 aliphatic rings. The van der Waals surface area contributed by atoms with Crippen LogP contribution < -0.4 is 5.32 Å². The van der Waals surface area contributed by atoms with Crippen molar-refractivity contribution in [3.63, 3.8) is 0 Å². The SMILES string of the molecule is CCCCNC(=O)[C@H](C)N1C(=O)c2ccccc2C1=O. The van der Waals surface area contributed by atoms with Gasteiger partial charge in [0.05, 0.1) is 11.1 Å². The Bertz CT molecular complexity index is 519. The molecular weight excluding hydrogens is 256 g/mol. The van der Waals surface area contributed by atoms with Gasteiger partial charge in [-0.05, 0) is 25.5 Å². The van der Waals surface area contributed by atoms with E-state index in [0.717, 1.165) is 17.7 Å². The molecule has 3 amide bonds. The average molecular weight is 274 g/mol. The molecule has 20 heavy (non-hydrogen) atoms. The van der Waals surface area contributed by atoms with E-state index in [2.05, 4.69) is 5.32 Å². The van der Waals surface area contributed by atoms with E-state index in [1.165, 1.54) is 0 Å². The number of nitrogens with one attached hydrogen (secondary N) is 1. The first-order valence-electron chi connectivity index (χ1n) is 6.82. The summed E-state index contributed by atoms with van der Waals surface area (Å²) in [6.07, 6.45) is 1.85. The van der Waals surface area contributed by atoms with Crippen LogP contribution in [0.15, 0.2) is 24.3 Å². The second kappa shape index (κ2) is 5.86. The number of imide groups is 1. The van der Waals surface area contributed by atoms with Crippen molar-refractivity contribution < 1.29 is 14.4 Å². The highest BCUT2D eigenvalue weighted by molar-refractivity contribution is 6.22. The van der Waals surface area contributed by atoms with E-state index in [9.17, 15) is 14.4 Å². The number of hydrogen-bond donors (Lipinski definition) is 1. The van der Waals surface area contributed by atoms with Crippen molar-refractivity contribution in [1.29, 1.82) is 0 Å². The molecule has 0 unspecified atom stereocenters.